The molecule has 0 amide bonds. The second-order valence-corrected chi connectivity index (χ2v) is 8.13. The summed E-state index contributed by atoms with van der Waals surface area (Å²) in [5.74, 6) is 0. The monoisotopic (exact) mass is 355 g/mol. The Kier molecular flexibility index (Phi) is 7.01. The van der Waals surface area contributed by atoms with Crippen LogP contribution in [0.25, 0.3) is 0 Å². The van der Waals surface area contributed by atoms with Crippen LogP contribution in [0.5, 0.6) is 0 Å². The molecule has 0 unspecified atom stereocenters. The summed E-state index contributed by atoms with van der Waals surface area (Å²) >= 11 is 1.58. The van der Waals surface area contributed by atoms with Crippen molar-refractivity contribution in [2.45, 2.75) is 47.0 Å². The van der Waals surface area contributed by atoms with E-state index in [1.54, 1.807) is 39.1 Å². The van der Waals surface area contributed by atoms with Crippen LogP contribution >= 0.6 is 0 Å². The summed E-state index contributed by atoms with van der Waals surface area (Å²) in [5, 5.41) is 0. The van der Waals surface area contributed by atoms with Gasteiger partial charge < -0.3 is 9.41 Å². The molecule has 0 saturated carbocycles. The average molecular weight is 357 g/mol. The zero-order valence-electron chi connectivity index (χ0n) is 12.8. The van der Waals surface area contributed by atoms with E-state index in [9.17, 15) is 0 Å². The first kappa shape index (κ1) is 19.7. The van der Waals surface area contributed by atoms with Crippen LogP contribution in [0.3, 0.4) is 0 Å². The fourth-order valence-electron chi connectivity index (χ4n) is 2.87. The summed E-state index contributed by atoms with van der Waals surface area (Å²) in [7, 11) is 0. The molecule has 2 aliphatic rings. The van der Waals surface area contributed by atoms with E-state index in [-0.39, 0.29) is 14.8 Å². The quantitative estimate of drug-likeness (QED) is 0.612. The molecule has 0 aromatic carbocycles. The van der Waals surface area contributed by atoms with Crippen molar-refractivity contribution in [3.8, 4) is 0 Å². The van der Waals surface area contributed by atoms with Gasteiger partial charge in [-0.3, -0.25) is 0 Å². The van der Waals surface area contributed by atoms with E-state index in [0.717, 1.165) is 6.42 Å². The van der Waals surface area contributed by atoms with Crippen molar-refractivity contribution in [3.05, 3.63) is 44.8 Å². The van der Waals surface area contributed by atoms with Crippen LogP contribution in [-0.2, 0) is 24.7 Å². The molecule has 0 N–H and O–H groups in total. The largest absolute Gasteiger partial charge is 1.00 e. The summed E-state index contributed by atoms with van der Waals surface area (Å²) in [6.45, 7) is 9.69. The number of allylic oxidation sites excluding steroid dienone is 8. The molecule has 20 heavy (non-hydrogen) atoms. The minimum Gasteiger partial charge on any atom is -1.00 e. The fraction of sp³-hybridized carbons (Fsp3) is 0.529. The van der Waals surface area contributed by atoms with Crippen molar-refractivity contribution in [2.24, 2.45) is 10.8 Å². The Morgan fingerprint density at radius 2 is 1.70 bits per heavy atom. The van der Waals surface area contributed by atoms with Crippen molar-refractivity contribution in [2.75, 3.05) is 0 Å². The maximum atomic E-state index is 2.43. The smallest absolute Gasteiger partial charge is 1.00 e. The molecule has 0 bridgehead atoms. The van der Waals surface area contributed by atoms with Crippen LogP contribution < -0.4 is 9.41 Å². The second kappa shape index (κ2) is 7.11. The third kappa shape index (κ3) is 3.67. The maximum absolute atomic E-state index is 2.43. The summed E-state index contributed by atoms with van der Waals surface area (Å²) in [5.41, 5.74) is 3.73. The van der Waals surface area contributed by atoms with E-state index in [1.807, 2.05) is 0 Å². The molecular formula is C17H23F2Zr. The summed E-state index contributed by atoms with van der Waals surface area (Å²) in [6.07, 6.45) is 15.0. The van der Waals surface area contributed by atoms with Crippen LogP contribution in [0.4, 0.5) is 0 Å². The first-order valence-corrected chi connectivity index (χ1v) is 8.04. The minimum absolute atomic E-state index is 0. The molecular weight excluding hydrogens is 333 g/mol. The fourth-order valence-corrected chi connectivity index (χ4v) is 4.13. The number of rotatable bonds is 4. The number of halogens is 2. The summed E-state index contributed by atoms with van der Waals surface area (Å²) in [6, 6.07) is 0. The van der Waals surface area contributed by atoms with Gasteiger partial charge in [0.2, 0.25) is 0 Å². The van der Waals surface area contributed by atoms with Crippen molar-refractivity contribution >= 4 is 0 Å². The Labute approximate surface area is 136 Å². The van der Waals surface area contributed by atoms with Gasteiger partial charge in [0.05, 0.1) is 0 Å². The van der Waals surface area contributed by atoms with E-state index in [4.69, 9.17) is 0 Å². The van der Waals surface area contributed by atoms with Gasteiger partial charge in [-0.25, -0.2) is 0 Å². The van der Waals surface area contributed by atoms with Crippen molar-refractivity contribution in [1.82, 2.24) is 0 Å². The van der Waals surface area contributed by atoms with Gasteiger partial charge in [0.25, 0.3) is 0 Å². The first-order chi connectivity index (χ1) is 8.34. The van der Waals surface area contributed by atoms with E-state index >= 15 is 0 Å². The van der Waals surface area contributed by atoms with Crippen molar-refractivity contribution < 1.29 is 34.1 Å². The zero-order chi connectivity index (χ0) is 13.4. The number of hydrogen-bond donors (Lipinski definition) is 0. The average Bonchev–Trinajstić information content (AvgIpc) is 2.88. The van der Waals surface area contributed by atoms with Gasteiger partial charge in [-0.1, -0.05) is 0 Å². The van der Waals surface area contributed by atoms with Gasteiger partial charge >= 0.3 is 127 Å². The summed E-state index contributed by atoms with van der Waals surface area (Å²) in [4.78, 5) is 0. The van der Waals surface area contributed by atoms with Crippen molar-refractivity contribution in [1.29, 1.82) is 0 Å². The van der Waals surface area contributed by atoms with Gasteiger partial charge in [-0.2, -0.15) is 0 Å². The van der Waals surface area contributed by atoms with Crippen LogP contribution in [0, 0.1) is 10.8 Å². The molecule has 0 fully saturated rings. The molecule has 0 saturated heterocycles. The minimum atomic E-state index is 0. The Bertz CT molecular complexity index is 465. The van der Waals surface area contributed by atoms with Crippen LogP contribution in [-0.4, -0.2) is 0 Å². The van der Waals surface area contributed by atoms with Crippen LogP contribution in [0.1, 0.15) is 47.0 Å². The molecule has 0 spiro atoms. The topological polar surface area (TPSA) is 0 Å². The Hall–Kier alpha value is -0.297. The molecule has 2 aliphatic carbocycles. The molecule has 2 rings (SSSR count). The van der Waals surface area contributed by atoms with E-state index in [2.05, 4.69) is 58.1 Å². The molecule has 0 nitrogen and oxygen atoms in total. The Morgan fingerprint density at radius 3 is 2.15 bits per heavy atom. The van der Waals surface area contributed by atoms with Gasteiger partial charge in [-0.15, -0.1) is 0 Å². The first-order valence-electron chi connectivity index (χ1n) is 6.81. The third-order valence-electron chi connectivity index (χ3n) is 4.81. The summed E-state index contributed by atoms with van der Waals surface area (Å²) < 4.78 is 1.64. The molecule has 0 aromatic rings. The molecule has 109 valence electrons. The van der Waals surface area contributed by atoms with Gasteiger partial charge in [-0.05, 0) is 0 Å². The predicted octanol–water partition coefficient (Wildman–Crippen LogP) is -0.916. The van der Waals surface area contributed by atoms with E-state index in [0.29, 0.717) is 5.41 Å². The standard InChI is InChI=1S/C17H23.2FH.Zr/c1-16(2,13-14-9-5-6-10-14)17(3,4)15-11-7-8-12-15;;;/h5-7,9,11H,8,10,13H2,1-4H3;2*1H;/q;;;+2/p-2. The Balaban J connectivity index is 0.00000180. The Morgan fingerprint density at radius 1 is 1.05 bits per heavy atom. The molecule has 0 heterocycles. The molecule has 0 aliphatic heterocycles. The van der Waals surface area contributed by atoms with E-state index in [1.165, 1.54) is 12.8 Å². The third-order valence-corrected chi connectivity index (χ3v) is 5.98. The number of hydrogen-bond acceptors (Lipinski definition) is 0. The van der Waals surface area contributed by atoms with E-state index < -0.39 is 0 Å². The maximum Gasteiger partial charge on any atom is -1.00 e. The second-order valence-electron chi connectivity index (χ2n) is 6.64. The predicted molar refractivity (Wildman–Crippen MR) is 74.8 cm³/mol. The molecule has 0 radical (unpaired) electrons. The van der Waals surface area contributed by atoms with Crippen LogP contribution in [0.2, 0.25) is 0 Å². The molecule has 3 heteroatoms. The van der Waals surface area contributed by atoms with Crippen molar-refractivity contribution in [3.63, 3.8) is 0 Å². The molecule has 0 atom stereocenters. The zero-order valence-corrected chi connectivity index (χ0v) is 15.2. The van der Waals surface area contributed by atoms with Gasteiger partial charge in [0, 0.05) is 0 Å². The van der Waals surface area contributed by atoms with Gasteiger partial charge in [0.15, 0.2) is 0 Å². The molecule has 0 aromatic heterocycles. The SMILES string of the molecule is CC(C)(CC1=CC=CC1)C(C)(C)C1=[C]([Zr+2])CC=C1.[F-].[F-]. The van der Waals surface area contributed by atoms with Crippen LogP contribution in [0.15, 0.2) is 44.8 Å². The normalized spacial score (nSPS) is 18.0. The van der Waals surface area contributed by atoms with Gasteiger partial charge in [0.1, 0.15) is 0 Å².